The van der Waals surface area contributed by atoms with Gasteiger partial charge >= 0.3 is 0 Å². The fourth-order valence-corrected chi connectivity index (χ4v) is 5.63. The number of fused-ring (bicyclic) bond motifs is 1. The number of rotatable bonds is 5. The van der Waals surface area contributed by atoms with Crippen molar-refractivity contribution < 1.29 is 9.47 Å². The summed E-state index contributed by atoms with van der Waals surface area (Å²) in [7, 11) is 1.83. The van der Waals surface area contributed by atoms with Crippen molar-refractivity contribution in [3.8, 4) is 5.75 Å². The molecule has 0 amide bonds. The molecule has 3 atom stereocenters. The van der Waals surface area contributed by atoms with Gasteiger partial charge in [-0.3, -0.25) is 0 Å². The first-order valence-corrected chi connectivity index (χ1v) is 15.3. The van der Waals surface area contributed by atoms with Gasteiger partial charge in [-0.05, 0) is 67.5 Å². The van der Waals surface area contributed by atoms with Crippen LogP contribution in [-0.2, 0) is 4.74 Å². The van der Waals surface area contributed by atoms with Gasteiger partial charge in [0.05, 0.1) is 12.7 Å². The van der Waals surface area contributed by atoms with Crippen LogP contribution in [0.4, 0.5) is 5.69 Å². The van der Waals surface area contributed by atoms with E-state index >= 15 is 0 Å². The van der Waals surface area contributed by atoms with E-state index in [0.717, 1.165) is 18.8 Å². The van der Waals surface area contributed by atoms with Crippen LogP contribution in [0.3, 0.4) is 0 Å². The Morgan fingerprint density at radius 2 is 1.41 bits per heavy atom. The SMILES string of the molecule is CC.CC.CC.COC(C)C1CCN(c2ccc([C@@H]3c4ccc(C)cc4OC[C@@H]3c3ccccc3)cc2)CC1. The number of aryl methyl sites for hydroxylation is 1. The molecule has 39 heavy (non-hydrogen) atoms. The second kappa shape index (κ2) is 17.0. The molecule has 0 bridgehead atoms. The second-order valence-corrected chi connectivity index (χ2v) is 9.70. The Bertz CT molecular complexity index is 1060. The van der Waals surface area contributed by atoms with Crippen LogP contribution in [0.15, 0.2) is 72.8 Å². The largest absolute Gasteiger partial charge is 0.493 e. The van der Waals surface area contributed by atoms with E-state index in [1.54, 1.807) is 0 Å². The standard InChI is InChI=1S/C30H35NO2.3C2H6/c1-21-9-14-27-29(19-21)33-20-28(24-7-5-4-6-8-24)30(27)25-10-12-26(13-11-25)31-17-15-23(16-18-31)22(2)32-3;3*1-2/h4-14,19,22-23,28,30H,15-18,20H2,1-3H3;3*1-2H3/t22?,28-,30-;;;/m1.../s1. The molecule has 1 fully saturated rings. The van der Waals surface area contributed by atoms with E-state index in [2.05, 4.69) is 91.5 Å². The minimum atomic E-state index is 0.291. The zero-order chi connectivity index (χ0) is 28.8. The van der Waals surface area contributed by atoms with Gasteiger partial charge < -0.3 is 14.4 Å². The Morgan fingerprint density at radius 3 is 2.00 bits per heavy atom. The zero-order valence-electron chi connectivity index (χ0n) is 26.0. The highest BCUT2D eigenvalue weighted by atomic mass is 16.5. The predicted molar refractivity (Wildman–Crippen MR) is 170 cm³/mol. The molecule has 3 nitrogen and oxygen atoms in total. The van der Waals surface area contributed by atoms with E-state index in [0.29, 0.717) is 30.5 Å². The Kier molecular flexibility index (Phi) is 14.2. The maximum absolute atomic E-state index is 6.26. The minimum Gasteiger partial charge on any atom is -0.493 e. The summed E-state index contributed by atoms with van der Waals surface area (Å²) in [5, 5.41) is 0. The monoisotopic (exact) mass is 531 g/mol. The van der Waals surface area contributed by atoms with Crippen molar-refractivity contribution in [2.24, 2.45) is 5.92 Å². The first kappa shape index (κ1) is 32.4. The Morgan fingerprint density at radius 1 is 0.795 bits per heavy atom. The number of ether oxygens (including phenoxy) is 2. The van der Waals surface area contributed by atoms with Crippen molar-refractivity contribution in [1.82, 2.24) is 0 Å². The summed E-state index contributed by atoms with van der Waals surface area (Å²) >= 11 is 0. The number of anilines is 1. The number of hydrogen-bond acceptors (Lipinski definition) is 3. The van der Waals surface area contributed by atoms with Crippen molar-refractivity contribution >= 4 is 5.69 Å². The van der Waals surface area contributed by atoms with E-state index in [1.807, 2.05) is 48.7 Å². The smallest absolute Gasteiger partial charge is 0.123 e. The molecular formula is C36H53NO2. The lowest BCUT2D eigenvalue weighted by Crippen LogP contribution is -2.37. The summed E-state index contributed by atoms with van der Waals surface area (Å²) in [6, 6.07) is 26.8. The van der Waals surface area contributed by atoms with Crippen LogP contribution in [-0.4, -0.2) is 32.9 Å². The number of nitrogens with zero attached hydrogens (tertiary/aromatic N) is 1. The third-order valence-electron chi connectivity index (χ3n) is 7.75. The molecular weight excluding hydrogens is 478 g/mol. The molecule has 3 aromatic carbocycles. The van der Waals surface area contributed by atoms with Crippen LogP contribution in [0.25, 0.3) is 0 Å². The van der Waals surface area contributed by atoms with E-state index < -0.39 is 0 Å². The average molecular weight is 532 g/mol. The topological polar surface area (TPSA) is 21.7 Å². The van der Waals surface area contributed by atoms with E-state index in [-0.39, 0.29) is 0 Å². The minimum absolute atomic E-state index is 0.291. The predicted octanol–water partition coefficient (Wildman–Crippen LogP) is 9.63. The van der Waals surface area contributed by atoms with Gasteiger partial charge in [0.2, 0.25) is 0 Å². The number of piperidine rings is 1. The molecule has 0 spiro atoms. The lowest BCUT2D eigenvalue weighted by atomic mass is 9.75. The Balaban J connectivity index is 0.000000833. The van der Waals surface area contributed by atoms with Crippen LogP contribution in [0, 0.1) is 12.8 Å². The van der Waals surface area contributed by atoms with Crippen molar-refractivity contribution in [2.45, 2.75) is 86.2 Å². The summed E-state index contributed by atoms with van der Waals surface area (Å²) in [4.78, 5) is 2.53. The molecule has 0 aliphatic carbocycles. The molecule has 1 unspecified atom stereocenters. The lowest BCUT2D eigenvalue weighted by molar-refractivity contribution is 0.0564. The molecule has 2 heterocycles. The van der Waals surface area contributed by atoms with Crippen LogP contribution in [0.1, 0.15) is 95.4 Å². The second-order valence-electron chi connectivity index (χ2n) is 9.70. The lowest BCUT2D eigenvalue weighted by Gasteiger charge is -2.37. The molecule has 2 aliphatic rings. The molecule has 2 aliphatic heterocycles. The highest BCUT2D eigenvalue weighted by Crippen LogP contribution is 2.46. The Labute approximate surface area is 239 Å². The van der Waals surface area contributed by atoms with Gasteiger partial charge in [0.25, 0.3) is 0 Å². The fraction of sp³-hybridized carbons (Fsp3) is 0.500. The van der Waals surface area contributed by atoms with Gasteiger partial charge in [0.1, 0.15) is 5.75 Å². The summed E-state index contributed by atoms with van der Waals surface area (Å²) in [6.45, 7) is 19.2. The first-order chi connectivity index (χ1) is 19.1. The van der Waals surface area contributed by atoms with Crippen LogP contribution in [0.5, 0.6) is 5.75 Å². The molecule has 0 N–H and O–H groups in total. The molecule has 3 aromatic rings. The molecule has 3 heteroatoms. The van der Waals surface area contributed by atoms with Gasteiger partial charge in [-0.15, -0.1) is 0 Å². The normalized spacial score (nSPS) is 18.9. The first-order valence-electron chi connectivity index (χ1n) is 15.3. The summed E-state index contributed by atoms with van der Waals surface area (Å²) in [6.07, 6.45) is 2.74. The van der Waals surface area contributed by atoms with Crippen molar-refractivity contribution in [1.29, 1.82) is 0 Å². The summed E-state index contributed by atoms with van der Waals surface area (Å²) in [5.74, 6) is 2.29. The third kappa shape index (κ3) is 8.11. The summed E-state index contributed by atoms with van der Waals surface area (Å²) < 4.78 is 11.8. The molecule has 214 valence electrons. The van der Waals surface area contributed by atoms with Gasteiger partial charge in [-0.2, -0.15) is 0 Å². The average Bonchev–Trinajstić information content (AvgIpc) is 3.03. The van der Waals surface area contributed by atoms with Crippen molar-refractivity contribution in [3.05, 3.63) is 95.1 Å². The van der Waals surface area contributed by atoms with Gasteiger partial charge in [-0.25, -0.2) is 0 Å². The molecule has 0 radical (unpaired) electrons. The summed E-state index contributed by atoms with van der Waals surface area (Å²) in [5.41, 5.74) is 6.57. The Hall–Kier alpha value is -2.78. The molecule has 5 rings (SSSR count). The third-order valence-corrected chi connectivity index (χ3v) is 7.75. The van der Waals surface area contributed by atoms with Crippen LogP contribution in [0.2, 0.25) is 0 Å². The van der Waals surface area contributed by atoms with Gasteiger partial charge in [0.15, 0.2) is 0 Å². The van der Waals surface area contributed by atoms with E-state index in [9.17, 15) is 0 Å². The molecule has 0 aromatic heterocycles. The van der Waals surface area contributed by atoms with E-state index in [1.165, 1.54) is 40.8 Å². The number of hydrogen-bond donors (Lipinski definition) is 0. The molecule has 1 saturated heterocycles. The quantitative estimate of drug-likeness (QED) is 0.327. The van der Waals surface area contributed by atoms with Gasteiger partial charge in [0, 0.05) is 43.3 Å². The van der Waals surface area contributed by atoms with Crippen LogP contribution < -0.4 is 9.64 Å². The zero-order valence-corrected chi connectivity index (χ0v) is 26.0. The maximum Gasteiger partial charge on any atom is 0.123 e. The number of benzene rings is 3. The maximum atomic E-state index is 6.26. The van der Waals surface area contributed by atoms with Crippen LogP contribution >= 0.6 is 0 Å². The number of methoxy groups -OCH3 is 1. The fourth-order valence-electron chi connectivity index (χ4n) is 5.63. The van der Waals surface area contributed by atoms with Crippen molar-refractivity contribution in [3.63, 3.8) is 0 Å². The highest BCUT2D eigenvalue weighted by Gasteiger charge is 2.33. The van der Waals surface area contributed by atoms with Gasteiger partial charge in [-0.1, -0.05) is 96.1 Å². The van der Waals surface area contributed by atoms with E-state index in [4.69, 9.17) is 9.47 Å². The molecule has 0 saturated carbocycles. The highest BCUT2D eigenvalue weighted by molar-refractivity contribution is 5.53. The van der Waals surface area contributed by atoms with Crippen molar-refractivity contribution in [2.75, 3.05) is 31.7 Å².